The number of halogens is 2. The minimum Gasteiger partial charge on any atom is -0.388 e. The summed E-state index contributed by atoms with van der Waals surface area (Å²) < 4.78 is 24.8. The summed E-state index contributed by atoms with van der Waals surface area (Å²) in [4.78, 5) is 12.2. The summed E-state index contributed by atoms with van der Waals surface area (Å²) >= 11 is 6.16. The molecule has 2 aromatic rings. The van der Waals surface area contributed by atoms with Crippen LogP contribution in [0.25, 0.3) is 0 Å². The molecule has 2 aliphatic heterocycles. The number of carbonyl (C=O) groups excluding carboxylic acids is 1. The highest BCUT2D eigenvalue weighted by Gasteiger charge is 2.50. The quantitative estimate of drug-likeness (QED) is 0.578. The van der Waals surface area contributed by atoms with Crippen molar-refractivity contribution in [1.82, 2.24) is 10.6 Å². The van der Waals surface area contributed by atoms with Gasteiger partial charge in [0, 0.05) is 31.1 Å². The molecule has 0 saturated carbocycles. The molecule has 0 aliphatic carbocycles. The van der Waals surface area contributed by atoms with Gasteiger partial charge in [0.15, 0.2) is 0 Å². The first-order valence-corrected chi connectivity index (χ1v) is 10.8. The predicted octanol–water partition coefficient (Wildman–Crippen LogP) is 2.56. The predicted molar refractivity (Wildman–Crippen MR) is 114 cm³/mol. The van der Waals surface area contributed by atoms with E-state index in [9.17, 15) is 14.3 Å². The Labute approximate surface area is 185 Å². The van der Waals surface area contributed by atoms with E-state index < -0.39 is 12.2 Å². The Hall–Kier alpha value is -2.03. The Morgan fingerprint density at radius 2 is 1.90 bits per heavy atom. The molecule has 2 aromatic carbocycles. The molecule has 2 aliphatic rings. The van der Waals surface area contributed by atoms with E-state index in [2.05, 4.69) is 10.6 Å². The lowest BCUT2D eigenvalue weighted by molar-refractivity contribution is -0.124. The molecule has 4 rings (SSSR count). The summed E-state index contributed by atoms with van der Waals surface area (Å²) in [5.74, 6) is -0.460. The number of aliphatic hydroxyl groups excluding tert-OH is 1. The molecule has 5 atom stereocenters. The fraction of sp³-hybridized carbons (Fsp3) is 0.435. The van der Waals surface area contributed by atoms with Gasteiger partial charge in [0.05, 0.1) is 24.7 Å². The van der Waals surface area contributed by atoms with E-state index in [-0.39, 0.29) is 36.5 Å². The van der Waals surface area contributed by atoms with Crippen LogP contribution >= 0.6 is 11.6 Å². The number of hydrogen-bond donors (Lipinski definition) is 3. The zero-order chi connectivity index (χ0) is 21.8. The van der Waals surface area contributed by atoms with Crippen LogP contribution in [0.15, 0.2) is 48.5 Å². The van der Waals surface area contributed by atoms with E-state index in [4.69, 9.17) is 21.1 Å². The fourth-order valence-corrected chi connectivity index (χ4v) is 4.28. The number of carbonyl (C=O) groups is 1. The zero-order valence-electron chi connectivity index (χ0n) is 17.0. The summed E-state index contributed by atoms with van der Waals surface area (Å²) in [5.41, 5.74) is 1.81. The van der Waals surface area contributed by atoms with Crippen molar-refractivity contribution in [2.24, 2.45) is 0 Å². The SMILES string of the molecule is O=C(CC1CC2OC(CNCc3ccccc3Cl)C(O)C2O1)NCc1ccc(F)cc1. The maximum atomic E-state index is 12.9. The van der Waals surface area contributed by atoms with Crippen molar-refractivity contribution in [2.75, 3.05) is 6.54 Å². The maximum absolute atomic E-state index is 12.9. The molecule has 31 heavy (non-hydrogen) atoms. The number of aliphatic hydroxyl groups is 1. The van der Waals surface area contributed by atoms with Crippen LogP contribution in [0, 0.1) is 5.82 Å². The first kappa shape index (κ1) is 22.2. The highest BCUT2D eigenvalue weighted by molar-refractivity contribution is 6.31. The Morgan fingerprint density at radius 3 is 2.65 bits per heavy atom. The lowest BCUT2D eigenvalue weighted by Gasteiger charge is -2.20. The van der Waals surface area contributed by atoms with Gasteiger partial charge in [-0.05, 0) is 29.3 Å². The molecule has 5 unspecified atom stereocenters. The van der Waals surface area contributed by atoms with Gasteiger partial charge in [-0.15, -0.1) is 0 Å². The number of benzene rings is 2. The molecule has 166 valence electrons. The zero-order valence-corrected chi connectivity index (χ0v) is 17.7. The average Bonchev–Trinajstić information content (AvgIpc) is 3.27. The Balaban J connectivity index is 1.18. The lowest BCUT2D eigenvalue weighted by atomic mass is 10.1. The van der Waals surface area contributed by atoms with Crippen LogP contribution in [0.1, 0.15) is 24.0 Å². The van der Waals surface area contributed by atoms with Crippen LogP contribution in [-0.4, -0.2) is 48.1 Å². The number of ether oxygens (including phenoxy) is 2. The van der Waals surface area contributed by atoms with Gasteiger partial charge in [-0.25, -0.2) is 4.39 Å². The van der Waals surface area contributed by atoms with E-state index in [0.29, 0.717) is 31.1 Å². The molecule has 0 aromatic heterocycles. The van der Waals surface area contributed by atoms with Crippen molar-refractivity contribution in [2.45, 2.75) is 56.5 Å². The minimum absolute atomic E-state index is 0.151. The molecule has 0 radical (unpaired) electrons. The Morgan fingerprint density at radius 1 is 1.13 bits per heavy atom. The van der Waals surface area contributed by atoms with Crippen LogP contribution < -0.4 is 10.6 Å². The van der Waals surface area contributed by atoms with Crippen LogP contribution in [0.3, 0.4) is 0 Å². The standard InChI is InChI=1S/C23H26ClFN2O4/c24-18-4-2-1-3-15(18)12-26-13-20-22(29)23-19(31-20)9-17(30-23)10-21(28)27-11-14-5-7-16(25)8-6-14/h1-8,17,19-20,22-23,26,29H,9-13H2,(H,27,28). The summed E-state index contributed by atoms with van der Waals surface area (Å²) in [6.07, 6.45) is -1.32. The second-order valence-electron chi connectivity index (χ2n) is 7.99. The number of nitrogens with one attached hydrogen (secondary N) is 2. The normalized spacial score (nSPS) is 27.3. The van der Waals surface area contributed by atoms with Gasteiger partial charge in [0.2, 0.25) is 5.91 Å². The van der Waals surface area contributed by atoms with Gasteiger partial charge in [0.25, 0.3) is 0 Å². The molecular formula is C23H26ClFN2O4. The van der Waals surface area contributed by atoms with E-state index >= 15 is 0 Å². The van der Waals surface area contributed by atoms with Gasteiger partial charge in [-0.1, -0.05) is 41.9 Å². The molecule has 3 N–H and O–H groups in total. The van der Waals surface area contributed by atoms with Crippen molar-refractivity contribution < 1.29 is 23.8 Å². The van der Waals surface area contributed by atoms with Crippen molar-refractivity contribution in [1.29, 1.82) is 0 Å². The van der Waals surface area contributed by atoms with Crippen LogP contribution in [-0.2, 0) is 27.4 Å². The summed E-state index contributed by atoms with van der Waals surface area (Å²) in [6.45, 7) is 1.39. The fourth-order valence-electron chi connectivity index (χ4n) is 4.08. The topological polar surface area (TPSA) is 79.8 Å². The minimum atomic E-state index is -0.754. The van der Waals surface area contributed by atoms with Crippen LogP contribution in [0.2, 0.25) is 5.02 Å². The lowest BCUT2D eigenvalue weighted by Crippen LogP contribution is -2.39. The second kappa shape index (κ2) is 10.1. The molecular weight excluding hydrogens is 423 g/mol. The monoisotopic (exact) mass is 448 g/mol. The Bertz CT molecular complexity index is 897. The third kappa shape index (κ3) is 5.61. The van der Waals surface area contributed by atoms with Crippen molar-refractivity contribution >= 4 is 17.5 Å². The van der Waals surface area contributed by atoms with Crippen molar-refractivity contribution in [3.05, 3.63) is 70.5 Å². The van der Waals surface area contributed by atoms with Gasteiger partial charge in [0.1, 0.15) is 18.0 Å². The number of hydrogen-bond acceptors (Lipinski definition) is 5. The largest absolute Gasteiger partial charge is 0.388 e. The van der Waals surface area contributed by atoms with E-state index in [1.54, 1.807) is 12.1 Å². The maximum Gasteiger partial charge on any atom is 0.222 e. The van der Waals surface area contributed by atoms with Gasteiger partial charge in [-0.2, -0.15) is 0 Å². The average molecular weight is 449 g/mol. The van der Waals surface area contributed by atoms with Crippen molar-refractivity contribution in [3.63, 3.8) is 0 Å². The third-order valence-corrected chi connectivity index (χ3v) is 6.08. The number of fused-ring (bicyclic) bond motifs is 1. The summed E-state index contributed by atoms with van der Waals surface area (Å²) in [5, 5.41) is 17.4. The summed E-state index contributed by atoms with van der Waals surface area (Å²) in [6, 6.07) is 13.6. The highest BCUT2D eigenvalue weighted by atomic mass is 35.5. The number of rotatable bonds is 8. The molecule has 2 saturated heterocycles. The first-order valence-electron chi connectivity index (χ1n) is 10.4. The summed E-state index contributed by atoms with van der Waals surface area (Å²) in [7, 11) is 0. The molecule has 2 fully saturated rings. The Kier molecular flexibility index (Phi) is 7.20. The van der Waals surface area contributed by atoms with E-state index in [0.717, 1.165) is 11.1 Å². The highest BCUT2D eigenvalue weighted by Crippen LogP contribution is 2.35. The molecule has 0 bridgehead atoms. The van der Waals surface area contributed by atoms with E-state index in [1.165, 1.54) is 12.1 Å². The molecule has 1 amide bonds. The van der Waals surface area contributed by atoms with E-state index in [1.807, 2.05) is 24.3 Å². The second-order valence-corrected chi connectivity index (χ2v) is 8.40. The van der Waals surface area contributed by atoms with Crippen LogP contribution in [0.5, 0.6) is 0 Å². The van der Waals surface area contributed by atoms with Crippen molar-refractivity contribution in [3.8, 4) is 0 Å². The van der Waals surface area contributed by atoms with Gasteiger partial charge >= 0.3 is 0 Å². The van der Waals surface area contributed by atoms with Gasteiger partial charge < -0.3 is 25.2 Å². The smallest absolute Gasteiger partial charge is 0.222 e. The first-order chi connectivity index (χ1) is 15.0. The molecule has 0 spiro atoms. The third-order valence-electron chi connectivity index (χ3n) is 5.71. The van der Waals surface area contributed by atoms with Gasteiger partial charge in [-0.3, -0.25) is 4.79 Å². The molecule has 8 heteroatoms. The molecule has 6 nitrogen and oxygen atoms in total. The van der Waals surface area contributed by atoms with Crippen LogP contribution in [0.4, 0.5) is 4.39 Å². The number of amides is 1. The molecule has 2 heterocycles.